The Morgan fingerprint density at radius 3 is 2.58 bits per heavy atom. The molecule has 1 fully saturated rings. The fourth-order valence-corrected chi connectivity index (χ4v) is 3.51. The maximum absolute atomic E-state index is 12.6. The van der Waals surface area contributed by atoms with Crippen molar-refractivity contribution in [3.8, 4) is 0 Å². The second-order valence-corrected chi connectivity index (χ2v) is 6.69. The van der Waals surface area contributed by atoms with Gasteiger partial charge in [0.05, 0.1) is 5.52 Å². The predicted octanol–water partition coefficient (Wildman–Crippen LogP) is 3.66. The topological polar surface area (TPSA) is 49.6 Å². The molecule has 0 atom stereocenters. The van der Waals surface area contributed by atoms with E-state index in [2.05, 4.69) is 36.1 Å². The lowest BCUT2D eigenvalue weighted by Crippen LogP contribution is -2.48. The van der Waals surface area contributed by atoms with E-state index in [0.717, 1.165) is 36.5 Å². The minimum Gasteiger partial charge on any atom is -0.456 e. The molecule has 1 amide bonds. The minimum absolute atomic E-state index is 0.0217. The van der Waals surface area contributed by atoms with Gasteiger partial charge in [0.2, 0.25) is 0 Å². The molecule has 1 aromatic carbocycles. The highest BCUT2D eigenvalue weighted by Gasteiger charge is 2.25. The van der Waals surface area contributed by atoms with Crippen LogP contribution in [0.1, 0.15) is 28.9 Å². The molecule has 3 aromatic rings. The fourth-order valence-electron chi connectivity index (χ4n) is 3.51. The van der Waals surface area contributed by atoms with Gasteiger partial charge in [0.25, 0.3) is 5.91 Å². The van der Waals surface area contributed by atoms with Crippen molar-refractivity contribution in [2.45, 2.75) is 20.3 Å². The van der Waals surface area contributed by atoms with Crippen LogP contribution in [0.25, 0.3) is 10.9 Å². The Bertz CT molecular complexity index is 939. The molecule has 0 radical (unpaired) electrons. The van der Waals surface area contributed by atoms with Crippen LogP contribution in [-0.4, -0.2) is 42.0 Å². The van der Waals surface area contributed by atoms with E-state index in [1.807, 2.05) is 24.0 Å². The Hall–Kier alpha value is -2.82. The Balaban J connectivity index is 1.55. The van der Waals surface area contributed by atoms with Crippen molar-refractivity contribution >= 4 is 22.5 Å². The number of carbonyl (C=O) groups excluding carboxylic acids is 1. The zero-order valence-electron chi connectivity index (χ0n) is 15.2. The lowest BCUT2D eigenvalue weighted by Gasteiger charge is -2.36. The van der Waals surface area contributed by atoms with Crippen LogP contribution in [0.4, 0.5) is 5.69 Å². The molecule has 5 nitrogen and oxygen atoms in total. The summed E-state index contributed by atoms with van der Waals surface area (Å²) in [5, 5.41) is 1.17. The number of amides is 1. The number of furan rings is 1. The van der Waals surface area contributed by atoms with E-state index >= 15 is 0 Å². The van der Waals surface area contributed by atoms with Crippen molar-refractivity contribution in [2.24, 2.45) is 0 Å². The first kappa shape index (κ1) is 16.6. The van der Waals surface area contributed by atoms with Crippen LogP contribution < -0.4 is 4.90 Å². The average molecular weight is 349 g/mol. The number of carbonyl (C=O) groups is 1. The highest BCUT2D eigenvalue weighted by atomic mass is 16.3. The van der Waals surface area contributed by atoms with Crippen molar-refractivity contribution < 1.29 is 9.21 Å². The van der Waals surface area contributed by atoms with Crippen molar-refractivity contribution in [3.05, 3.63) is 59.7 Å². The van der Waals surface area contributed by atoms with Crippen LogP contribution in [0.3, 0.4) is 0 Å². The van der Waals surface area contributed by atoms with Crippen LogP contribution in [-0.2, 0) is 6.42 Å². The van der Waals surface area contributed by atoms with E-state index in [4.69, 9.17) is 9.40 Å². The van der Waals surface area contributed by atoms with E-state index in [1.165, 1.54) is 11.1 Å². The monoisotopic (exact) mass is 349 g/mol. The lowest BCUT2D eigenvalue weighted by atomic mass is 10.1. The van der Waals surface area contributed by atoms with Gasteiger partial charge in [-0.2, -0.15) is 0 Å². The molecule has 0 spiro atoms. The van der Waals surface area contributed by atoms with Crippen molar-refractivity contribution in [1.82, 2.24) is 9.88 Å². The van der Waals surface area contributed by atoms with E-state index in [-0.39, 0.29) is 5.91 Å². The van der Waals surface area contributed by atoms with E-state index < -0.39 is 0 Å². The molecule has 0 saturated carbocycles. The van der Waals surface area contributed by atoms with E-state index in [9.17, 15) is 4.79 Å². The summed E-state index contributed by atoms with van der Waals surface area (Å²) in [5.41, 5.74) is 3.35. The smallest absolute Gasteiger partial charge is 0.289 e. The predicted molar refractivity (Wildman–Crippen MR) is 103 cm³/mol. The number of fused-ring (bicyclic) bond motifs is 1. The fraction of sp³-hybridized carbons (Fsp3) is 0.333. The maximum atomic E-state index is 12.6. The van der Waals surface area contributed by atoms with Gasteiger partial charge in [0.15, 0.2) is 5.76 Å². The number of aromatic nitrogens is 1. The number of anilines is 1. The number of nitrogens with zero attached hydrogens (tertiary/aromatic N) is 3. The lowest BCUT2D eigenvalue weighted by molar-refractivity contribution is 0.0713. The first-order valence-corrected chi connectivity index (χ1v) is 9.15. The van der Waals surface area contributed by atoms with Crippen molar-refractivity contribution in [1.29, 1.82) is 0 Å². The largest absolute Gasteiger partial charge is 0.456 e. The zero-order chi connectivity index (χ0) is 18.1. The van der Waals surface area contributed by atoms with Crippen LogP contribution in [0.2, 0.25) is 0 Å². The van der Waals surface area contributed by atoms with Gasteiger partial charge in [0, 0.05) is 42.9 Å². The van der Waals surface area contributed by atoms with Gasteiger partial charge in [-0.25, -0.2) is 0 Å². The highest BCUT2D eigenvalue weighted by molar-refractivity contribution is 5.93. The van der Waals surface area contributed by atoms with Gasteiger partial charge in [-0.15, -0.1) is 0 Å². The van der Waals surface area contributed by atoms with Gasteiger partial charge >= 0.3 is 0 Å². The van der Waals surface area contributed by atoms with Crippen molar-refractivity contribution in [3.63, 3.8) is 0 Å². The van der Waals surface area contributed by atoms with Gasteiger partial charge < -0.3 is 14.2 Å². The number of rotatable bonds is 3. The average Bonchev–Trinajstić information content (AvgIpc) is 3.13. The van der Waals surface area contributed by atoms with Crippen LogP contribution in [0.5, 0.6) is 0 Å². The standard InChI is InChI=1S/C21H23N3O2/c1-3-16-14-19(17-6-4-5-7-18(17)22-16)23-10-12-24(13-11-23)21(25)20-9-8-15(2)26-20/h4-9,14H,3,10-13H2,1-2H3. The Morgan fingerprint density at radius 1 is 1.12 bits per heavy atom. The second-order valence-electron chi connectivity index (χ2n) is 6.69. The van der Waals surface area contributed by atoms with Gasteiger partial charge in [0.1, 0.15) is 5.76 Å². The molecule has 2 aromatic heterocycles. The number of aryl methyl sites for hydroxylation is 2. The molecule has 26 heavy (non-hydrogen) atoms. The summed E-state index contributed by atoms with van der Waals surface area (Å²) in [6.07, 6.45) is 0.911. The molecular formula is C21H23N3O2. The summed E-state index contributed by atoms with van der Waals surface area (Å²) in [6.45, 7) is 6.98. The molecule has 0 unspecified atom stereocenters. The summed E-state index contributed by atoms with van der Waals surface area (Å²) in [6, 6.07) is 14.1. The van der Waals surface area contributed by atoms with Gasteiger partial charge in [-0.05, 0) is 37.6 Å². The molecule has 5 heteroatoms. The molecule has 1 aliphatic rings. The molecule has 0 aliphatic carbocycles. The second kappa shape index (κ2) is 6.83. The van der Waals surface area contributed by atoms with Gasteiger partial charge in [-0.1, -0.05) is 25.1 Å². The highest BCUT2D eigenvalue weighted by Crippen LogP contribution is 2.28. The number of hydrogen-bond donors (Lipinski definition) is 0. The molecule has 1 saturated heterocycles. The number of piperazine rings is 1. The number of pyridine rings is 1. The number of hydrogen-bond acceptors (Lipinski definition) is 4. The summed E-state index contributed by atoms with van der Waals surface area (Å²) in [5.74, 6) is 1.17. The Morgan fingerprint density at radius 2 is 1.88 bits per heavy atom. The number of para-hydroxylation sites is 1. The molecule has 0 bridgehead atoms. The molecule has 3 heterocycles. The van der Waals surface area contributed by atoms with E-state index in [0.29, 0.717) is 18.8 Å². The quantitative estimate of drug-likeness (QED) is 0.724. The third kappa shape index (κ3) is 3.05. The molecule has 4 rings (SSSR count). The van der Waals surface area contributed by atoms with Crippen LogP contribution in [0.15, 0.2) is 46.9 Å². The molecular weight excluding hydrogens is 326 g/mol. The minimum atomic E-state index is -0.0217. The summed E-state index contributed by atoms with van der Waals surface area (Å²) >= 11 is 0. The molecule has 1 aliphatic heterocycles. The van der Waals surface area contributed by atoms with Crippen molar-refractivity contribution in [2.75, 3.05) is 31.1 Å². The van der Waals surface area contributed by atoms with Crippen LogP contribution in [0, 0.1) is 6.92 Å². The molecule has 0 N–H and O–H groups in total. The summed E-state index contributed by atoms with van der Waals surface area (Å²) in [7, 11) is 0. The van der Waals surface area contributed by atoms with Crippen LogP contribution >= 0.6 is 0 Å². The maximum Gasteiger partial charge on any atom is 0.289 e. The Labute approximate surface area is 153 Å². The van der Waals surface area contributed by atoms with Gasteiger partial charge in [-0.3, -0.25) is 9.78 Å². The summed E-state index contributed by atoms with van der Waals surface area (Å²) < 4.78 is 5.48. The van der Waals surface area contributed by atoms with E-state index in [1.54, 1.807) is 6.07 Å². The summed E-state index contributed by atoms with van der Waals surface area (Å²) in [4.78, 5) is 21.5. The third-order valence-corrected chi connectivity index (χ3v) is 4.97. The normalized spacial score (nSPS) is 14.8. The molecule has 134 valence electrons. The third-order valence-electron chi connectivity index (χ3n) is 4.97. The SMILES string of the molecule is CCc1cc(N2CCN(C(=O)c3ccc(C)o3)CC2)c2ccccc2n1. The first-order chi connectivity index (χ1) is 12.7. The number of benzene rings is 1. The first-order valence-electron chi connectivity index (χ1n) is 9.15. The Kier molecular flexibility index (Phi) is 4.37. The zero-order valence-corrected chi connectivity index (χ0v) is 15.2.